The Kier molecular flexibility index (Phi) is 4.99. The molecule has 6 rings (SSSR count). The van der Waals surface area contributed by atoms with Gasteiger partial charge in [0.15, 0.2) is 11.4 Å². The molecule has 0 amide bonds. The summed E-state index contributed by atoms with van der Waals surface area (Å²) in [5.41, 5.74) is -6.46. The van der Waals surface area contributed by atoms with E-state index in [1.807, 2.05) is 0 Å². The number of carbonyl (C=O) groups is 3. The second-order valence-electron chi connectivity index (χ2n) is 11.5. The second-order valence-corrected chi connectivity index (χ2v) is 11.5. The number of esters is 2. The summed E-state index contributed by atoms with van der Waals surface area (Å²) in [4.78, 5) is 39.3. The maximum atomic E-state index is 13.4. The first-order valence-corrected chi connectivity index (χ1v) is 12.4. The number of aliphatic hydroxyl groups excluding tert-OH is 3. The Labute approximate surface area is 212 Å². The molecule has 3 aliphatic carbocycles. The molecule has 2 heterocycles. The molecule has 37 heavy (non-hydrogen) atoms. The lowest BCUT2D eigenvalue weighted by molar-refractivity contribution is -0.350. The minimum Gasteiger partial charge on any atom is -0.459 e. The summed E-state index contributed by atoms with van der Waals surface area (Å²) in [7, 11) is 0. The van der Waals surface area contributed by atoms with Crippen LogP contribution in [0.5, 0.6) is 0 Å². The first kappa shape index (κ1) is 24.7. The van der Waals surface area contributed by atoms with Crippen molar-refractivity contribution in [1.29, 1.82) is 0 Å². The molecule has 1 spiro atoms. The summed E-state index contributed by atoms with van der Waals surface area (Å²) in [6.07, 6.45) is -6.28. The van der Waals surface area contributed by atoms with E-state index in [4.69, 9.17) is 14.2 Å². The number of aliphatic hydroxyl groups is 4. The maximum absolute atomic E-state index is 13.4. The Balaban J connectivity index is 1.55. The third-order valence-electron chi connectivity index (χ3n) is 10.2. The van der Waals surface area contributed by atoms with Crippen LogP contribution in [0.25, 0.3) is 0 Å². The van der Waals surface area contributed by atoms with E-state index in [0.717, 1.165) is 0 Å². The molecule has 0 radical (unpaired) electrons. The zero-order valence-electron chi connectivity index (χ0n) is 20.7. The van der Waals surface area contributed by atoms with E-state index in [-0.39, 0.29) is 18.6 Å². The van der Waals surface area contributed by atoms with E-state index in [0.29, 0.717) is 5.57 Å². The largest absolute Gasteiger partial charge is 0.459 e. The molecule has 2 bridgehead atoms. The minimum atomic E-state index is -2.35. The molecule has 4 N–H and O–H groups in total. The van der Waals surface area contributed by atoms with Gasteiger partial charge < -0.3 is 34.6 Å². The van der Waals surface area contributed by atoms with Crippen LogP contribution in [0, 0.1) is 22.7 Å². The van der Waals surface area contributed by atoms with Gasteiger partial charge in [-0.15, -0.1) is 0 Å². The van der Waals surface area contributed by atoms with Gasteiger partial charge >= 0.3 is 11.9 Å². The van der Waals surface area contributed by atoms with Crippen LogP contribution < -0.4 is 0 Å². The van der Waals surface area contributed by atoms with Gasteiger partial charge in [0.1, 0.15) is 23.9 Å². The first-order chi connectivity index (χ1) is 17.4. The standard InChI is InChI=1S/C27H30O10/c1-12-9-15(28)19(30)24(2)14(12)10-16-26-11-35-25(3,20(31)17(29)18(24)26)27(26,34)21(23(33)36-16)37-22(32)13-7-5-4-6-8-13/h4-9,14,16-21,29-31,34H,10-11H2,1-3H3/t14-,16+,17-,18+,19+,20-,21-,24-,25+,26+,27+/m0/s1. The molecular formula is C27H30O10. The van der Waals surface area contributed by atoms with Gasteiger partial charge in [-0.3, -0.25) is 4.79 Å². The number of benzene rings is 1. The highest BCUT2D eigenvalue weighted by atomic mass is 16.6. The van der Waals surface area contributed by atoms with Gasteiger partial charge in [-0.1, -0.05) is 30.7 Å². The van der Waals surface area contributed by atoms with E-state index >= 15 is 0 Å². The number of hydrogen-bond donors (Lipinski definition) is 4. The monoisotopic (exact) mass is 514 g/mol. The highest BCUT2D eigenvalue weighted by Gasteiger charge is 2.89. The van der Waals surface area contributed by atoms with Gasteiger partial charge in [0.05, 0.1) is 23.7 Å². The first-order valence-electron chi connectivity index (χ1n) is 12.4. The van der Waals surface area contributed by atoms with Crippen LogP contribution in [0.15, 0.2) is 42.0 Å². The summed E-state index contributed by atoms with van der Waals surface area (Å²) in [6, 6.07) is 7.91. The summed E-state index contributed by atoms with van der Waals surface area (Å²) in [5.74, 6) is -4.11. The molecule has 2 saturated heterocycles. The lowest BCUT2D eigenvalue weighted by Gasteiger charge is -2.70. The maximum Gasteiger partial charge on any atom is 0.351 e. The third kappa shape index (κ3) is 2.60. The summed E-state index contributed by atoms with van der Waals surface area (Å²) in [5, 5.41) is 46.8. The number of hydrogen-bond acceptors (Lipinski definition) is 10. The molecule has 10 nitrogen and oxygen atoms in total. The molecule has 0 unspecified atom stereocenters. The van der Waals surface area contributed by atoms with Crippen LogP contribution in [-0.2, 0) is 23.8 Å². The Morgan fingerprint density at radius 2 is 1.78 bits per heavy atom. The van der Waals surface area contributed by atoms with Crippen molar-refractivity contribution in [1.82, 2.24) is 0 Å². The molecule has 4 fully saturated rings. The molecule has 198 valence electrons. The van der Waals surface area contributed by atoms with Crippen molar-refractivity contribution in [3.63, 3.8) is 0 Å². The van der Waals surface area contributed by atoms with Crippen LogP contribution in [0.4, 0.5) is 0 Å². The number of carbonyl (C=O) groups excluding carboxylic acids is 3. The molecule has 11 atom stereocenters. The van der Waals surface area contributed by atoms with Crippen molar-refractivity contribution < 1.29 is 49.0 Å². The third-order valence-corrected chi connectivity index (χ3v) is 10.2. The van der Waals surface area contributed by atoms with Crippen molar-refractivity contribution in [3.8, 4) is 0 Å². The van der Waals surface area contributed by atoms with Crippen molar-refractivity contribution in [2.24, 2.45) is 22.7 Å². The molecule has 1 aromatic carbocycles. The van der Waals surface area contributed by atoms with Gasteiger partial charge in [0.2, 0.25) is 6.10 Å². The van der Waals surface area contributed by atoms with Crippen LogP contribution in [0.3, 0.4) is 0 Å². The highest BCUT2D eigenvalue weighted by molar-refractivity contribution is 5.96. The lowest BCUT2D eigenvalue weighted by atomic mass is 9.36. The van der Waals surface area contributed by atoms with E-state index < -0.39 is 82.1 Å². The normalized spacial score (nSPS) is 49.9. The van der Waals surface area contributed by atoms with Crippen molar-refractivity contribution in [2.45, 2.75) is 68.9 Å². The lowest BCUT2D eigenvalue weighted by Crippen LogP contribution is -2.86. The Hall–Kier alpha value is -2.63. The number of ether oxygens (including phenoxy) is 3. The summed E-state index contributed by atoms with van der Waals surface area (Å²) in [6.45, 7) is 4.48. The van der Waals surface area contributed by atoms with Crippen molar-refractivity contribution in [3.05, 3.63) is 47.5 Å². The summed E-state index contributed by atoms with van der Waals surface area (Å²) < 4.78 is 17.5. The molecule has 2 saturated carbocycles. The van der Waals surface area contributed by atoms with Gasteiger partial charge in [-0.25, -0.2) is 9.59 Å². The molecule has 2 aliphatic heterocycles. The molecule has 10 heteroatoms. The number of fused-ring (bicyclic) bond motifs is 2. The van der Waals surface area contributed by atoms with Gasteiger partial charge in [-0.05, 0) is 44.4 Å². The predicted molar refractivity (Wildman–Crippen MR) is 124 cm³/mol. The van der Waals surface area contributed by atoms with Crippen LogP contribution in [0.1, 0.15) is 37.6 Å². The van der Waals surface area contributed by atoms with E-state index in [9.17, 15) is 34.8 Å². The van der Waals surface area contributed by atoms with Crippen molar-refractivity contribution >= 4 is 17.7 Å². The fourth-order valence-corrected chi connectivity index (χ4v) is 8.42. The Morgan fingerprint density at radius 1 is 1.11 bits per heavy atom. The summed E-state index contributed by atoms with van der Waals surface area (Å²) >= 11 is 0. The smallest absolute Gasteiger partial charge is 0.351 e. The number of ketones is 1. The fraction of sp³-hybridized carbons (Fsp3) is 0.593. The van der Waals surface area contributed by atoms with E-state index in [2.05, 4.69) is 0 Å². The minimum absolute atomic E-state index is 0.134. The van der Waals surface area contributed by atoms with E-state index in [1.54, 1.807) is 32.0 Å². The van der Waals surface area contributed by atoms with Crippen LogP contribution in [0.2, 0.25) is 0 Å². The second kappa shape index (κ2) is 7.48. The quantitative estimate of drug-likeness (QED) is 0.393. The predicted octanol–water partition coefficient (Wildman–Crippen LogP) is -0.0885. The molecular weight excluding hydrogens is 484 g/mol. The zero-order chi connectivity index (χ0) is 26.7. The topological polar surface area (TPSA) is 160 Å². The van der Waals surface area contributed by atoms with E-state index in [1.165, 1.54) is 25.1 Å². The zero-order valence-corrected chi connectivity index (χ0v) is 20.7. The SMILES string of the molecule is CC1=CC(=O)[C@@H](O)[C@]2(C)[C@H]3[C@H](O)[C@H](O)[C@@]4(C)OC[C@@]35[C@@H](C[C@@H]12)OC(=O)[C@H](OC(=O)c1ccccc1)[C@]54O. The number of rotatable bonds is 2. The van der Waals surface area contributed by atoms with Gasteiger partial charge in [0, 0.05) is 11.3 Å². The molecule has 1 aromatic rings. The van der Waals surface area contributed by atoms with Crippen LogP contribution >= 0.6 is 0 Å². The fourth-order valence-electron chi connectivity index (χ4n) is 8.42. The highest BCUT2D eigenvalue weighted by Crippen LogP contribution is 2.73. The van der Waals surface area contributed by atoms with Gasteiger partial charge in [-0.2, -0.15) is 0 Å². The number of allylic oxidation sites excluding steroid dienone is 1. The van der Waals surface area contributed by atoms with Gasteiger partial charge in [0.25, 0.3) is 0 Å². The Bertz CT molecular complexity index is 1230. The van der Waals surface area contributed by atoms with Crippen molar-refractivity contribution in [2.75, 3.05) is 6.61 Å². The molecule has 5 aliphatic rings. The Morgan fingerprint density at radius 3 is 2.46 bits per heavy atom. The van der Waals surface area contributed by atoms with Crippen LogP contribution in [-0.4, -0.2) is 86.5 Å². The average Bonchev–Trinajstić information content (AvgIpc) is 3.05. The molecule has 0 aromatic heterocycles. The average molecular weight is 515 g/mol.